The number of furan rings is 1. The molecule has 0 bridgehead atoms. The molecule has 2 aromatic heterocycles. The highest BCUT2D eigenvalue weighted by Crippen LogP contribution is 2.45. The largest absolute Gasteiger partial charge is 0.476 e. The van der Waals surface area contributed by atoms with Crippen LogP contribution in [0.25, 0.3) is 0 Å². The third-order valence-electron chi connectivity index (χ3n) is 5.71. The fraction of sp³-hybridized carbons (Fsp3) is 0.579. The summed E-state index contributed by atoms with van der Waals surface area (Å²) in [6, 6.07) is 4.01. The lowest BCUT2D eigenvalue weighted by Crippen LogP contribution is -2.49. The van der Waals surface area contributed by atoms with Crippen molar-refractivity contribution < 1.29 is 13.9 Å². The molecule has 2 aromatic rings. The van der Waals surface area contributed by atoms with Crippen molar-refractivity contribution in [3.63, 3.8) is 0 Å². The van der Waals surface area contributed by atoms with Crippen molar-refractivity contribution in [2.75, 3.05) is 32.9 Å². The van der Waals surface area contributed by atoms with Crippen LogP contribution in [0.3, 0.4) is 0 Å². The van der Waals surface area contributed by atoms with Crippen LogP contribution in [0.4, 0.5) is 0 Å². The molecule has 4 rings (SSSR count). The van der Waals surface area contributed by atoms with Crippen molar-refractivity contribution >= 4 is 0 Å². The molecule has 0 aromatic carbocycles. The summed E-state index contributed by atoms with van der Waals surface area (Å²) in [4.78, 5) is 10.8. The fourth-order valence-corrected chi connectivity index (χ4v) is 4.09. The predicted molar refractivity (Wildman–Crippen MR) is 92.1 cm³/mol. The minimum absolute atomic E-state index is 0.320. The van der Waals surface area contributed by atoms with Gasteiger partial charge in [0.05, 0.1) is 32.2 Å². The molecule has 0 aliphatic carbocycles. The van der Waals surface area contributed by atoms with E-state index < -0.39 is 0 Å². The maximum atomic E-state index is 5.90. The van der Waals surface area contributed by atoms with Gasteiger partial charge >= 0.3 is 0 Å². The van der Waals surface area contributed by atoms with Crippen LogP contribution in [-0.4, -0.2) is 47.8 Å². The average molecular weight is 343 g/mol. The molecule has 2 fully saturated rings. The lowest BCUT2D eigenvalue weighted by atomic mass is 9.66. The van der Waals surface area contributed by atoms with Crippen molar-refractivity contribution in [3.8, 4) is 5.88 Å². The molecule has 0 amide bonds. The second-order valence-electron chi connectivity index (χ2n) is 7.09. The maximum Gasteiger partial charge on any atom is 0.232 e. The van der Waals surface area contributed by atoms with E-state index in [1.807, 2.05) is 6.07 Å². The summed E-state index contributed by atoms with van der Waals surface area (Å²) >= 11 is 0. The molecule has 134 valence electrons. The number of rotatable bonds is 5. The van der Waals surface area contributed by atoms with E-state index in [0.29, 0.717) is 23.8 Å². The molecular formula is C19H25N3O3. The summed E-state index contributed by atoms with van der Waals surface area (Å²) < 4.78 is 17.2. The highest BCUT2D eigenvalue weighted by atomic mass is 16.5. The zero-order valence-corrected chi connectivity index (χ0v) is 14.5. The third kappa shape index (κ3) is 3.85. The standard InChI is InChI=1S/C19H25N3O3/c1-2-17(24-10-1)13-22-8-3-19(4-9-22)5-11-23-14-16(19)15-25-18-12-20-6-7-21-18/h1-2,6-7,10,12,16H,3-5,8-9,11,13-15H2/t16-/m1/s1. The first-order chi connectivity index (χ1) is 12.3. The SMILES string of the molecule is c1coc(CN2CCC3(CCOC[C@@H]3COc3cnccn3)CC2)c1. The van der Waals surface area contributed by atoms with Gasteiger partial charge in [-0.25, -0.2) is 4.98 Å². The summed E-state index contributed by atoms with van der Waals surface area (Å²) in [5.74, 6) is 2.05. The Hall–Kier alpha value is -1.92. The Morgan fingerprint density at radius 3 is 2.92 bits per heavy atom. The highest BCUT2D eigenvalue weighted by Gasteiger charge is 2.43. The Balaban J connectivity index is 1.35. The van der Waals surface area contributed by atoms with Gasteiger partial charge in [0.1, 0.15) is 5.76 Å². The van der Waals surface area contributed by atoms with Gasteiger partial charge in [-0.1, -0.05) is 0 Å². The third-order valence-corrected chi connectivity index (χ3v) is 5.71. The van der Waals surface area contributed by atoms with Gasteiger partial charge in [-0.05, 0) is 49.9 Å². The molecule has 2 aliphatic rings. The van der Waals surface area contributed by atoms with Gasteiger partial charge in [0.2, 0.25) is 5.88 Å². The Labute approximate surface area is 148 Å². The second kappa shape index (κ2) is 7.54. The van der Waals surface area contributed by atoms with Crippen molar-refractivity contribution in [2.45, 2.75) is 25.8 Å². The number of hydrogen-bond donors (Lipinski definition) is 0. The molecule has 25 heavy (non-hydrogen) atoms. The summed E-state index contributed by atoms with van der Waals surface area (Å²) in [7, 11) is 0. The number of ether oxygens (including phenoxy) is 2. The number of likely N-dealkylation sites (tertiary alicyclic amines) is 1. The van der Waals surface area contributed by atoms with Crippen LogP contribution in [-0.2, 0) is 11.3 Å². The van der Waals surface area contributed by atoms with Crippen LogP contribution < -0.4 is 4.74 Å². The molecular weight excluding hydrogens is 318 g/mol. The Kier molecular flexibility index (Phi) is 4.99. The van der Waals surface area contributed by atoms with Gasteiger partial charge in [0, 0.05) is 24.9 Å². The Morgan fingerprint density at radius 2 is 2.16 bits per heavy atom. The number of hydrogen-bond acceptors (Lipinski definition) is 6. The molecule has 0 saturated carbocycles. The van der Waals surface area contributed by atoms with Crippen LogP contribution in [0.2, 0.25) is 0 Å². The molecule has 0 N–H and O–H groups in total. The van der Waals surface area contributed by atoms with E-state index in [4.69, 9.17) is 13.9 Å². The lowest BCUT2D eigenvalue weighted by molar-refractivity contribution is -0.0872. The normalized spacial score (nSPS) is 23.6. The smallest absolute Gasteiger partial charge is 0.232 e. The summed E-state index contributed by atoms with van der Waals surface area (Å²) in [6.45, 7) is 5.39. The zero-order valence-electron chi connectivity index (χ0n) is 14.5. The van der Waals surface area contributed by atoms with Gasteiger partial charge in [-0.15, -0.1) is 0 Å². The van der Waals surface area contributed by atoms with Crippen molar-refractivity contribution in [3.05, 3.63) is 42.7 Å². The molecule has 2 saturated heterocycles. The first-order valence-electron chi connectivity index (χ1n) is 9.05. The average Bonchev–Trinajstić information content (AvgIpc) is 3.17. The molecule has 6 heteroatoms. The van der Waals surface area contributed by atoms with Gasteiger partial charge < -0.3 is 13.9 Å². The molecule has 4 heterocycles. The van der Waals surface area contributed by atoms with Crippen molar-refractivity contribution in [1.29, 1.82) is 0 Å². The summed E-state index contributed by atoms with van der Waals surface area (Å²) in [6.07, 6.45) is 10.2. The van der Waals surface area contributed by atoms with Crippen LogP contribution >= 0.6 is 0 Å². The Bertz CT molecular complexity index is 639. The van der Waals surface area contributed by atoms with E-state index in [1.54, 1.807) is 24.9 Å². The van der Waals surface area contributed by atoms with Crippen molar-refractivity contribution in [2.24, 2.45) is 11.3 Å². The zero-order chi connectivity index (χ0) is 17.0. The van der Waals surface area contributed by atoms with Gasteiger partial charge in [-0.3, -0.25) is 9.88 Å². The molecule has 1 atom stereocenters. The minimum atomic E-state index is 0.320. The summed E-state index contributed by atoms with van der Waals surface area (Å²) in [5.41, 5.74) is 0.320. The second-order valence-corrected chi connectivity index (χ2v) is 7.09. The van der Waals surface area contributed by atoms with E-state index in [2.05, 4.69) is 20.9 Å². The number of piperidine rings is 1. The summed E-state index contributed by atoms with van der Waals surface area (Å²) in [5, 5.41) is 0. The quantitative estimate of drug-likeness (QED) is 0.832. The fourth-order valence-electron chi connectivity index (χ4n) is 4.09. The van der Waals surface area contributed by atoms with Crippen LogP contribution in [0.15, 0.2) is 41.4 Å². The first kappa shape index (κ1) is 16.5. The molecule has 6 nitrogen and oxygen atoms in total. The molecule has 2 aliphatic heterocycles. The van der Waals surface area contributed by atoms with Crippen LogP contribution in [0.5, 0.6) is 5.88 Å². The Morgan fingerprint density at radius 1 is 1.24 bits per heavy atom. The monoisotopic (exact) mass is 343 g/mol. The number of aromatic nitrogens is 2. The molecule has 0 radical (unpaired) electrons. The molecule has 1 spiro atoms. The van der Waals surface area contributed by atoms with E-state index in [9.17, 15) is 0 Å². The van der Waals surface area contributed by atoms with E-state index >= 15 is 0 Å². The topological polar surface area (TPSA) is 60.6 Å². The van der Waals surface area contributed by atoms with Gasteiger partial charge in [-0.2, -0.15) is 0 Å². The van der Waals surface area contributed by atoms with Gasteiger partial charge in [0.25, 0.3) is 0 Å². The number of nitrogens with zero attached hydrogens (tertiary/aromatic N) is 3. The van der Waals surface area contributed by atoms with E-state index in [-0.39, 0.29) is 0 Å². The lowest BCUT2D eigenvalue weighted by Gasteiger charge is -2.48. The van der Waals surface area contributed by atoms with Crippen LogP contribution in [0.1, 0.15) is 25.0 Å². The first-order valence-corrected chi connectivity index (χ1v) is 9.05. The molecule has 0 unspecified atom stereocenters. The van der Waals surface area contributed by atoms with E-state index in [0.717, 1.165) is 45.0 Å². The van der Waals surface area contributed by atoms with Crippen molar-refractivity contribution in [1.82, 2.24) is 14.9 Å². The predicted octanol–water partition coefficient (Wildman–Crippen LogP) is 2.77. The maximum absolute atomic E-state index is 5.90. The van der Waals surface area contributed by atoms with Gasteiger partial charge in [0.15, 0.2) is 0 Å². The highest BCUT2D eigenvalue weighted by molar-refractivity contribution is 5.03. The van der Waals surface area contributed by atoms with Crippen LogP contribution in [0, 0.1) is 11.3 Å². The minimum Gasteiger partial charge on any atom is -0.476 e. The van der Waals surface area contributed by atoms with E-state index in [1.165, 1.54) is 12.8 Å².